The first-order chi connectivity index (χ1) is 15.5. The zero-order valence-electron chi connectivity index (χ0n) is 18.1. The molecule has 2 aliphatic heterocycles. The first-order valence-electron chi connectivity index (χ1n) is 10.7. The van der Waals surface area contributed by atoms with E-state index in [9.17, 15) is 14.4 Å². The maximum atomic E-state index is 13.3. The van der Waals surface area contributed by atoms with Crippen molar-refractivity contribution in [1.82, 2.24) is 5.32 Å². The Kier molecular flexibility index (Phi) is 6.16. The van der Waals surface area contributed by atoms with Gasteiger partial charge in [-0.2, -0.15) is 0 Å². The van der Waals surface area contributed by atoms with Gasteiger partial charge in [0, 0.05) is 25.2 Å². The molecule has 9 heteroatoms. The van der Waals surface area contributed by atoms with E-state index in [0.717, 1.165) is 30.8 Å². The summed E-state index contributed by atoms with van der Waals surface area (Å²) >= 11 is 0. The molecule has 2 fully saturated rings. The van der Waals surface area contributed by atoms with Gasteiger partial charge in [-0.15, -0.1) is 0 Å². The summed E-state index contributed by atoms with van der Waals surface area (Å²) in [5.74, 6) is 0.279. The summed E-state index contributed by atoms with van der Waals surface area (Å²) in [4.78, 5) is 41.4. The van der Waals surface area contributed by atoms with Crippen LogP contribution in [0.1, 0.15) is 32.4 Å². The van der Waals surface area contributed by atoms with Crippen molar-refractivity contribution in [3.8, 4) is 11.5 Å². The second-order valence-corrected chi connectivity index (χ2v) is 7.32. The van der Waals surface area contributed by atoms with Crippen molar-refractivity contribution in [1.29, 1.82) is 0 Å². The Balaban J connectivity index is 1.68. The quantitative estimate of drug-likeness (QED) is 0.521. The molecule has 2 aromatic rings. The van der Waals surface area contributed by atoms with Crippen molar-refractivity contribution in [2.45, 2.75) is 26.7 Å². The van der Waals surface area contributed by atoms with Crippen LogP contribution in [-0.4, -0.2) is 44.1 Å². The molecule has 2 saturated heterocycles. The van der Waals surface area contributed by atoms with Crippen LogP contribution < -0.4 is 24.6 Å². The lowest BCUT2D eigenvalue weighted by atomic mass is 10.1. The normalized spacial score (nSPS) is 17.8. The zero-order chi connectivity index (χ0) is 22.7. The number of carbonyl (C=O) groups excluding carboxylic acids is 3. The highest BCUT2D eigenvalue weighted by Gasteiger charge is 2.38. The number of hydrogen-bond acceptors (Lipinski definition) is 7. The molecule has 0 bridgehead atoms. The van der Waals surface area contributed by atoms with Gasteiger partial charge in [0.2, 0.25) is 0 Å². The van der Waals surface area contributed by atoms with E-state index in [1.54, 1.807) is 25.1 Å². The van der Waals surface area contributed by atoms with Crippen LogP contribution in [0.2, 0.25) is 0 Å². The average Bonchev–Trinajstić information content (AvgIpc) is 3.45. The van der Waals surface area contributed by atoms with Crippen molar-refractivity contribution < 1.29 is 28.3 Å². The zero-order valence-corrected chi connectivity index (χ0v) is 18.1. The summed E-state index contributed by atoms with van der Waals surface area (Å²) in [5.41, 5.74) is -0.0212. The van der Waals surface area contributed by atoms with Crippen molar-refractivity contribution >= 4 is 35.5 Å². The molecule has 0 aliphatic carbocycles. The maximum Gasteiger partial charge on any atom is 0.336 e. The molecule has 1 aromatic carbocycles. The number of benzene rings is 1. The number of urea groups is 1. The number of nitrogens with zero attached hydrogens (tertiary/aromatic N) is 2. The number of ether oxygens (including phenoxy) is 2. The third-order valence-electron chi connectivity index (χ3n) is 5.20. The van der Waals surface area contributed by atoms with Gasteiger partial charge in [-0.1, -0.05) is 0 Å². The lowest BCUT2D eigenvalue weighted by Crippen LogP contribution is -2.54. The maximum absolute atomic E-state index is 13.3. The fourth-order valence-electron chi connectivity index (χ4n) is 3.75. The summed E-state index contributed by atoms with van der Waals surface area (Å²) in [6, 6.07) is 7.50. The van der Waals surface area contributed by atoms with E-state index in [-0.39, 0.29) is 11.3 Å². The van der Waals surface area contributed by atoms with E-state index in [4.69, 9.17) is 13.9 Å². The summed E-state index contributed by atoms with van der Waals surface area (Å²) in [7, 11) is 0. The van der Waals surface area contributed by atoms with Crippen LogP contribution >= 0.6 is 0 Å². The van der Waals surface area contributed by atoms with Gasteiger partial charge in [0.05, 0.1) is 18.9 Å². The van der Waals surface area contributed by atoms with E-state index in [1.807, 2.05) is 13.0 Å². The number of rotatable bonds is 7. The molecule has 0 radical (unpaired) electrons. The highest BCUT2D eigenvalue weighted by Crippen LogP contribution is 2.35. The summed E-state index contributed by atoms with van der Waals surface area (Å²) < 4.78 is 16.9. The van der Waals surface area contributed by atoms with E-state index in [0.29, 0.717) is 36.4 Å². The highest BCUT2D eigenvalue weighted by atomic mass is 16.5. The smallest absolute Gasteiger partial charge is 0.336 e. The molecule has 2 aliphatic rings. The molecule has 32 heavy (non-hydrogen) atoms. The average molecular weight is 439 g/mol. The fourth-order valence-corrected chi connectivity index (χ4v) is 3.75. The third-order valence-corrected chi connectivity index (χ3v) is 5.20. The first-order valence-corrected chi connectivity index (χ1v) is 10.7. The Hall–Kier alpha value is -3.75. The number of amides is 4. The van der Waals surface area contributed by atoms with Crippen LogP contribution in [0.25, 0.3) is 6.08 Å². The fraction of sp³-hybridized carbons (Fsp3) is 0.348. The van der Waals surface area contributed by atoms with E-state index in [2.05, 4.69) is 10.2 Å². The number of anilines is 2. The van der Waals surface area contributed by atoms with Crippen LogP contribution in [0.15, 0.2) is 40.3 Å². The molecule has 9 nitrogen and oxygen atoms in total. The molecule has 168 valence electrons. The van der Waals surface area contributed by atoms with E-state index < -0.39 is 17.8 Å². The molecule has 1 N–H and O–H groups in total. The van der Waals surface area contributed by atoms with Gasteiger partial charge in [0.15, 0.2) is 5.88 Å². The minimum atomic E-state index is -0.857. The lowest BCUT2D eigenvalue weighted by molar-refractivity contribution is -0.122. The standard InChI is InChI=1S/C23H25N3O6/c1-3-30-15-7-9-19(31-4-2)18(14-15)26-22(28)17(21(27)24-23(26)29)13-16-8-10-20(32-16)25-11-5-6-12-25/h7-10,13-14H,3-6,11-12H2,1-2H3,(H,24,27,29)/b17-13+. The topological polar surface area (TPSA) is 101 Å². The van der Waals surface area contributed by atoms with Gasteiger partial charge >= 0.3 is 6.03 Å². The van der Waals surface area contributed by atoms with Crippen LogP contribution in [0, 0.1) is 0 Å². The van der Waals surface area contributed by atoms with Crippen molar-refractivity contribution in [2.75, 3.05) is 36.1 Å². The second-order valence-electron chi connectivity index (χ2n) is 7.32. The minimum Gasteiger partial charge on any atom is -0.494 e. The number of carbonyl (C=O) groups is 3. The molecule has 3 heterocycles. The number of nitrogens with one attached hydrogen (secondary N) is 1. The Labute approximate surface area is 185 Å². The highest BCUT2D eigenvalue weighted by molar-refractivity contribution is 6.39. The number of imide groups is 2. The SMILES string of the molecule is CCOc1ccc(OCC)c(N2C(=O)NC(=O)/C(=C\c3ccc(N4CCCC4)o3)C2=O)c1. The predicted octanol–water partition coefficient (Wildman–Crippen LogP) is 3.34. The summed E-state index contributed by atoms with van der Waals surface area (Å²) in [6.45, 7) is 6.17. The largest absolute Gasteiger partial charge is 0.494 e. The minimum absolute atomic E-state index is 0.191. The first kappa shape index (κ1) is 21.5. The summed E-state index contributed by atoms with van der Waals surface area (Å²) in [6.07, 6.45) is 3.54. The number of barbiturate groups is 1. The summed E-state index contributed by atoms with van der Waals surface area (Å²) in [5, 5.41) is 2.22. The van der Waals surface area contributed by atoms with Gasteiger partial charge in [0.1, 0.15) is 22.8 Å². The van der Waals surface area contributed by atoms with Crippen molar-refractivity contribution in [2.24, 2.45) is 0 Å². The van der Waals surface area contributed by atoms with Crippen LogP contribution in [0.5, 0.6) is 11.5 Å². The Morgan fingerprint density at radius 1 is 1.03 bits per heavy atom. The van der Waals surface area contributed by atoms with Crippen LogP contribution in [0.3, 0.4) is 0 Å². The molecule has 0 spiro atoms. The second kappa shape index (κ2) is 9.17. The predicted molar refractivity (Wildman–Crippen MR) is 118 cm³/mol. The third kappa shape index (κ3) is 4.18. The molecule has 0 atom stereocenters. The van der Waals surface area contributed by atoms with Gasteiger partial charge in [-0.05, 0) is 51.0 Å². The van der Waals surface area contributed by atoms with Gasteiger partial charge in [0.25, 0.3) is 11.8 Å². The van der Waals surface area contributed by atoms with E-state index >= 15 is 0 Å². The van der Waals surface area contributed by atoms with Crippen LogP contribution in [-0.2, 0) is 9.59 Å². The molecule has 1 aromatic heterocycles. The molecule has 0 saturated carbocycles. The Morgan fingerprint density at radius 3 is 2.50 bits per heavy atom. The lowest BCUT2D eigenvalue weighted by Gasteiger charge is -2.28. The van der Waals surface area contributed by atoms with Crippen molar-refractivity contribution in [3.05, 3.63) is 41.7 Å². The number of furan rings is 1. The monoisotopic (exact) mass is 439 g/mol. The Bertz CT molecular complexity index is 1070. The molecule has 4 rings (SSSR count). The molecule has 4 amide bonds. The van der Waals surface area contributed by atoms with Gasteiger partial charge in [-0.3, -0.25) is 14.9 Å². The number of hydrogen-bond donors (Lipinski definition) is 1. The molecular weight excluding hydrogens is 414 g/mol. The van der Waals surface area contributed by atoms with Crippen molar-refractivity contribution in [3.63, 3.8) is 0 Å². The van der Waals surface area contributed by atoms with Gasteiger partial charge in [-0.25, -0.2) is 9.69 Å². The Morgan fingerprint density at radius 2 is 1.78 bits per heavy atom. The molecular formula is C23H25N3O6. The van der Waals surface area contributed by atoms with E-state index in [1.165, 1.54) is 12.1 Å². The van der Waals surface area contributed by atoms with Crippen LogP contribution in [0.4, 0.5) is 16.4 Å². The molecule has 0 unspecified atom stereocenters. The van der Waals surface area contributed by atoms with Gasteiger partial charge < -0.3 is 18.8 Å².